The van der Waals surface area contributed by atoms with Crippen LogP contribution in [0.25, 0.3) is 6.08 Å². The van der Waals surface area contributed by atoms with Gasteiger partial charge in [-0.2, -0.15) is 0 Å². The van der Waals surface area contributed by atoms with Gasteiger partial charge in [0, 0.05) is 5.88 Å². The molecule has 70 valence electrons. The Morgan fingerprint density at radius 1 is 1.31 bits per heavy atom. The van der Waals surface area contributed by atoms with Crippen LogP contribution >= 0.6 is 11.6 Å². The van der Waals surface area contributed by atoms with Crippen molar-refractivity contribution in [3.8, 4) is 0 Å². The third-order valence-corrected chi connectivity index (χ3v) is 2.43. The van der Waals surface area contributed by atoms with E-state index in [9.17, 15) is 0 Å². The van der Waals surface area contributed by atoms with Gasteiger partial charge >= 0.3 is 0 Å². The van der Waals surface area contributed by atoms with Crippen molar-refractivity contribution in [3.05, 3.63) is 41.0 Å². The van der Waals surface area contributed by atoms with Gasteiger partial charge in [-0.25, -0.2) is 0 Å². The van der Waals surface area contributed by atoms with E-state index in [0.717, 1.165) is 6.42 Å². The van der Waals surface area contributed by atoms with E-state index < -0.39 is 0 Å². The summed E-state index contributed by atoms with van der Waals surface area (Å²) in [6.07, 6.45) is 3.21. The molecule has 1 rings (SSSR count). The quantitative estimate of drug-likeness (QED) is 0.641. The summed E-state index contributed by atoms with van der Waals surface area (Å²) in [4.78, 5) is 0. The molecule has 0 aliphatic carbocycles. The first-order chi connectivity index (χ1) is 6.26. The van der Waals surface area contributed by atoms with Crippen molar-refractivity contribution in [1.29, 1.82) is 0 Å². The average molecular weight is 195 g/mol. The Kier molecular flexibility index (Phi) is 4.04. The van der Waals surface area contributed by atoms with Crippen molar-refractivity contribution in [2.75, 3.05) is 5.88 Å². The van der Waals surface area contributed by atoms with E-state index in [-0.39, 0.29) is 0 Å². The molecule has 0 bridgehead atoms. The molecule has 0 heterocycles. The molecule has 0 amide bonds. The molecule has 13 heavy (non-hydrogen) atoms. The fourth-order valence-electron chi connectivity index (χ4n) is 1.17. The topological polar surface area (TPSA) is 0 Å². The first-order valence-electron chi connectivity index (χ1n) is 4.58. The van der Waals surface area contributed by atoms with E-state index in [0.29, 0.717) is 5.88 Å². The largest absolute Gasteiger partial charge is 0.122 e. The van der Waals surface area contributed by atoms with Gasteiger partial charge in [0.1, 0.15) is 0 Å². The smallest absolute Gasteiger partial charge is 0.0434 e. The summed E-state index contributed by atoms with van der Waals surface area (Å²) in [6, 6.07) is 8.59. The standard InChI is InChI=1S/C12H15Cl/c1-3-11-4-6-12(7-5-11)8-10(2)9-13/h4-8H,3,9H2,1-2H3. The van der Waals surface area contributed by atoms with E-state index in [1.807, 2.05) is 6.92 Å². The zero-order valence-electron chi connectivity index (χ0n) is 8.18. The summed E-state index contributed by atoms with van der Waals surface area (Å²) in [5, 5.41) is 0. The van der Waals surface area contributed by atoms with Crippen LogP contribution in [-0.2, 0) is 6.42 Å². The monoisotopic (exact) mass is 194 g/mol. The molecule has 0 radical (unpaired) electrons. The third-order valence-electron chi connectivity index (χ3n) is 2.01. The number of rotatable bonds is 3. The van der Waals surface area contributed by atoms with Crippen molar-refractivity contribution < 1.29 is 0 Å². The van der Waals surface area contributed by atoms with Gasteiger partial charge in [0.15, 0.2) is 0 Å². The fourth-order valence-corrected chi connectivity index (χ4v) is 1.25. The third kappa shape index (κ3) is 3.23. The van der Waals surface area contributed by atoms with Crippen LogP contribution in [0.15, 0.2) is 29.8 Å². The van der Waals surface area contributed by atoms with Crippen LogP contribution in [0.2, 0.25) is 0 Å². The Balaban J connectivity index is 2.80. The molecule has 1 aromatic rings. The van der Waals surface area contributed by atoms with Crippen molar-refractivity contribution >= 4 is 17.7 Å². The Morgan fingerprint density at radius 2 is 1.92 bits per heavy atom. The zero-order valence-corrected chi connectivity index (χ0v) is 8.93. The van der Waals surface area contributed by atoms with Crippen LogP contribution in [0.5, 0.6) is 0 Å². The average Bonchev–Trinajstić information content (AvgIpc) is 2.19. The Bertz CT molecular complexity index is 282. The highest BCUT2D eigenvalue weighted by Crippen LogP contribution is 2.09. The summed E-state index contributed by atoms with van der Waals surface area (Å²) in [6.45, 7) is 4.20. The van der Waals surface area contributed by atoms with Crippen molar-refractivity contribution in [2.45, 2.75) is 20.3 Å². The second kappa shape index (κ2) is 5.08. The summed E-state index contributed by atoms with van der Waals surface area (Å²) in [7, 11) is 0. The van der Waals surface area contributed by atoms with Crippen molar-refractivity contribution in [3.63, 3.8) is 0 Å². The molecule has 1 aromatic carbocycles. The minimum atomic E-state index is 0.607. The Labute approximate surface area is 85.2 Å². The fraction of sp³-hybridized carbons (Fsp3) is 0.333. The number of halogens is 1. The van der Waals surface area contributed by atoms with Gasteiger partial charge in [-0.15, -0.1) is 11.6 Å². The number of allylic oxidation sites excluding steroid dienone is 1. The van der Waals surface area contributed by atoms with Gasteiger partial charge < -0.3 is 0 Å². The van der Waals surface area contributed by atoms with Crippen molar-refractivity contribution in [2.24, 2.45) is 0 Å². The van der Waals surface area contributed by atoms with Gasteiger partial charge in [-0.1, -0.05) is 42.8 Å². The lowest BCUT2D eigenvalue weighted by atomic mass is 10.1. The zero-order chi connectivity index (χ0) is 9.68. The normalized spacial score (nSPS) is 11.8. The van der Waals surface area contributed by atoms with Gasteiger partial charge in [-0.3, -0.25) is 0 Å². The second-order valence-corrected chi connectivity index (χ2v) is 3.49. The molecule has 0 unspecified atom stereocenters. The van der Waals surface area contributed by atoms with Gasteiger partial charge in [0.2, 0.25) is 0 Å². The predicted octanol–water partition coefficient (Wildman–Crippen LogP) is 3.89. The molecule has 0 saturated heterocycles. The van der Waals surface area contributed by atoms with E-state index >= 15 is 0 Å². The molecule has 0 spiro atoms. The highest BCUT2D eigenvalue weighted by molar-refractivity contribution is 6.19. The van der Waals surface area contributed by atoms with Crippen LogP contribution in [0.1, 0.15) is 25.0 Å². The molecular weight excluding hydrogens is 180 g/mol. The van der Waals surface area contributed by atoms with Crippen LogP contribution in [0.4, 0.5) is 0 Å². The molecule has 0 N–H and O–H groups in total. The summed E-state index contributed by atoms with van der Waals surface area (Å²) in [5.41, 5.74) is 3.81. The number of hydrogen-bond acceptors (Lipinski definition) is 0. The number of hydrogen-bond donors (Lipinski definition) is 0. The Morgan fingerprint density at radius 3 is 2.38 bits per heavy atom. The number of aryl methyl sites for hydroxylation is 1. The predicted molar refractivity (Wildman–Crippen MR) is 60.2 cm³/mol. The lowest BCUT2D eigenvalue weighted by Crippen LogP contribution is -1.81. The lowest BCUT2D eigenvalue weighted by Gasteiger charge is -1.98. The van der Waals surface area contributed by atoms with E-state index in [1.54, 1.807) is 0 Å². The van der Waals surface area contributed by atoms with Crippen LogP contribution in [-0.4, -0.2) is 5.88 Å². The van der Waals surface area contributed by atoms with E-state index in [2.05, 4.69) is 37.3 Å². The summed E-state index contributed by atoms with van der Waals surface area (Å²) >= 11 is 5.69. The maximum Gasteiger partial charge on any atom is 0.0434 e. The molecule has 0 nitrogen and oxygen atoms in total. The molecule has 0 aromatic heterocycles. The molecule has 0 fully saturated rings. The summed E-state index contributed by atoms with van der Waals surface area (Å²) in [5.74, 6) is 0.607. The van der Waals surface area contributed by atoms with Crippen LogP contribution < -0.4 is 0 Å². The maximum atomic E-state index is 5.69. The van der Waals surface area contributed by atoms with E-state index in [4.69, 9.17) is 11.6 Å². The summed E-state index contributed by atoms with van der Waals surface area (Å²) < 4.78 is 0. The molecule has 0 saturated carbocycles. The van der Waals surface area contributed by atoms with Crippen molar-refractivity contribution in [1.82, 2.24) is 0 Å². The highest BCUT2D eigenvalue weighted by atomic mass is 35.5. The highest BCUT2D eigenvalue weighted by Gasteiger charge is 1.91. The van der Waals surface area contributed by atoms with Gasteiger partial charge in [0.25, 0.3) is 0 Å². The Hall–Kier alpha value is -0.750. The maximum absolute atomic E-state index is 5.69. The SMILES string of the molecule is CCc1ccc(C=C(C)CCl)cc1. The number of alkyl halides is 1. The minimum Gasteiger partial charge on any atom is -0.122 e. The van der Waals surface area contributed by atoms with Crippen LogP contribution in [0.3, 0.4) is 0 Å². The first kappa shape index (κ1) is 10.3. The molecule has 0 aliphatic rings. The van der Waals surface area contributed by atoms with E-state index in [1.165, 1.54) is 16.7 Å². The second-order valence-electron chi connectivity index (χ2n) is 3.22. The van der Waals surface area contributed by atoms with Gasteiger partial charge in [0.05, 0.1) is 0 Å². The lowest BCUT2D eigenvalue weighted by molar-refractivity contribution is 1.14. The van der Waals surface area contributed by atoms with Crippen LogP contribution in [0, 0.1) is 0 Å². The molecule has 0 atom stereocenters. The molecular formula is C12H15Cl. The van der Waals surface area contributed by atoms with Gasteiger partial charge in [-0.05, 0) is 24.5 Å². The molecule has 0 aliphatic heterocycles. The number of benzene rings is 1. The minimum absolute atomic E-state index is 0.607. The molecule has 1 heteroatoms. The first-order valence-corrected chi connectivity index (χ1v) is 5.11.